The Labute approximate surface area is 126 Å². The summed E-state index contributed by atoms with van der Waals surface area (Å²) in [5.41, 5.74) is 0.202. The summed E-state index contributed by atoms with van der Waals surface area (Å²) in [7, 11) is 0. The Balaban J connectivity index is 2.23. The number of rotatable bonds is 4. The largest absolute Gasteiger partial charge is 0.478 e. The second-order valence-corrected chi connectivity index (χ2v) is 5.80. The van der Waals surface area contributed by atoms with Gasteiger partial charge in [0.1, 0.15) is 0 Å². The summed E-state index contributed by atoms with van der Waals surface area (Å²) in [5, 5.41) is 19.7. The first-order valence-electron chi connectivity index (χ1n) is 5.42. The fourth-order valence-corrected chi connectivity index (χ4v) is 2.74. The van der Waals surface area contributed by atoms with Gasteiger partial charge in [-0.1, -0.05) is 11.8 Å². The molecule has 0 radical (unpaired) electrons. The van der Waals surface area contributed by atoms with E-state index in [1.807, 2.05) is 0 Å². The first-order chi connectivity index (χ1) is 9.47. The van der Waals surface area contributed by atoms with Crippen LogP contribution in [0.15, 0.2) is 56.7 Å². The molecular formula is C13H8BrNO4S. The summed E-state index contributed by atoms with van der Waals surface area (Å²) < 4.78 is 0.424. The van der Waals surface area contributed by atoms with Gasteiger partial charge in [-0.15, -0.1) is 0 Å². The molecule has 102 valence electrons. The van der Waals surface area contributed by atoms with Crippen LogP contribution in [-0.2, 0) is 0 Å². The number of aromatic carboxylic acids is 1. The van der Waals surface area contributed by atoms with Crippen molar-refractivity contribution in [1.82, 2.24) is 0 Å². The quantitative estimate of drug-likeness (QED) is 0.657. The topological polar surface area (TPSA) is 80.4 Å². The van der Waals surface area contributed by atoms with Gasteiger partial charge in [-0.2, -0.15) is 0 Å². The van der Waals surface area contributed by atoms with Crippen LogP contribution >= 0.6 is 27.7 Å². The Morgan fingerprint density at radius 3 is 2.30 bits per heavy atom. The Bertz CT molecular complexity index is 673. The lowest BCUT2D eigenvalue weighted by Crippen LogP contribution is -1.94. The molecule has 2 aromatic carbocycles. The first kappa shape index (κ1) is 14.5. The molecule has 0 unspecified atom stereocenters. The van der Waals surface area contributed by atoms with Crippen molar-refractivity contribution in [2.24, 2.45) is 0 Å². The van der Waals surface area contributed by atoms with Gasteiger partial charge in [0.2, 0.25) is 0 Å². The molecule has 2 rings (SSSR count). The number of hydrogen-bond acceptors (Lipinski definition) is 4. The van der Waals surface area contributed by atoms with Crippen molar-refractivity contribution in [3.63, 3.8) is 0 Å². The number of halogens is 1. The van der Waals surface area contributed by atoms with Crippen LogP contribution in [0.5, 0.6) is 0 Å². The van der Waals surface area contributed by atoms with Gasteiger partial charge >= 0.3 is 5.97 Å². The predicted molar refractivity (Wildman–Crippen MR) is 78.3 cm³/mol. The summed E-state index contributed by atoms with van der Waals surface area (Å²) in [6.07, 6.45) is 0. The van der Waals surface area contributed by atoms with Crippen LogP contribution in [-0.4, -0.2) is 16.0 Å². The maximum Gasteiger partial charge on any atom is 0.335 e. The van der Waals surface area contributed by atoms with E-state index in [0.717, 1.165) is 4.90 Å². The lowest BCUT2D eigenvalue weighted by molar-refractivity contribution is -0.385. The number of carboxylic acids is 1. The standard InChI is InChI=1S/C13H8BrNO4S/c14-11-6-5-10(7-12(11)15(18)19)20-9-3-1-8(2-4-9)13(16)17/h1-7H,(H,16,17). The van der Waals surface area contributed by atoms with Gasteiger partial charge in [0, 0.05) is 15.9 Å². The Kier molecular flexibility index (Phi) is 4.41. The van der Waals surface area contributed by atoms with E-state index >= 15 is 0 Å². The van der Waals surface area contributed by atoms with E-state index in [0.29, 0.717) is 9.37 Å². The second-order valence-electron chi connectivity index (χ2n) is 3.80. The van der Waals surface area contributed by atoms with Crippen molar-refractivity contribution in [3.05, 3.63) is 62.6 Å². The molecule has 0 aliphatic heterocycles. The summed E-state index contributed by atoms with van der Waals surface area (Å²) in [6, 6.07) is 11.2. The van der Waals surface area contributed by atoms with E-state index in [-0.39, 0.29) is 11.3 Å². The van der Waals surface area contributed by atoms with Crippen LogP contribution in [0.25, 0.3) is 0 Å². The van der Waals surface area contributed by atoms with Crippen LogP contribution in [0.4, 0.5) is 5.69 Å². The number of hydrogen-bond donors (Lipinski definition) is 1. The van der Waals surface area contributed by atoms with Crippen LogP contribution in [0.3, 0.4) is 0 Å². The van der Waals surface area contributed by atoms with Gasteiger partial charge in [-0.25, -0.2) is 4.79 Å². The molecule has 0 saturated heterocycles. The highest BCUT2D eigenvalue weighted by Crippen LogP contribution is 2.33. The van der Waals surface area contributed by atoms with Crippen LogP contribution in [0, 0.1) is 10.1 Å². The van der Waals surface area contributed by atoms with E-state index in [1.54, 1.807) is 24.3 Å². The zero-order valence-electron chi connectivity index (χ0n) is 9.95. The van der Waals surface area contributed by atoms with Gasteiger partial charge in [0.05, 0.1) is 15.0 Å². The van der Waals surface area contributed by atoms with Crippen molar-refractivity contribution >= 4 is 39.3 Å². The molecule has 0 fully saturated rings. The number of carbonyl (C=O) groups is 1. The van der Waals surface area contributed by atoms with Gasteiger partial charge < -0.3 is 5.11 Å². The van der Waals surface area contributed by atoms with Crippen LogP contribution in [0.1, 0.15) is 10.4 Å². The van der Waals surface area contributed by atoms with E-state index in [2.05, 4.69) is 15.9 Å². The molecule has 20 heavy (non-hydrogen) atoms. The van der Waals surface area contributed by atoms with Gasteiger partial charge in [0.25, 0.3) is 5.69 Å². The van der Waals surface area contributed by atoms with Crippen molar-refractivity contribution < 1.29 is 14.8 Å². The molecule has 2 aromatic rings. The maximum atomic E-state index is 10.8. The van der Waals surface area contributed by atoms with Crippen LogP contribution in [0.2, 0.25) is 0 Å². The summed E-state index contributed by atoms with van der Waals surface area (Å²) in [5.74, 6) is -0.985. The third-order valence-electron chi connectivity index (χ3n) is 2.45. The SMILES string of the molecule is O=C(O)c1ccc(Sc2ccc(Br)c([N+](=O)[O-])c2)cc1. The number of nitro groups is 1. The zero-order chi connectivity index (χ0) is 14.7. The minimum absolute atomic E-state index is 0.00263. The smallest absolute Gasteiger partial charge is 0.335 e. The molecule has 1 N–H and O–H groups in total. The molecular weight excluding hydrogens is 346 g/mol. The van der Waals surface area contributed by atoms with E-state index < -0.39 is 10.9 Å². The molecule has 0 aliphatic carbocycles. The minimum atomic E-state index is -0.985. The highest BCUT2D eigenvalue weighted by atomic mass is 79.9. The van der Waals surface area contributed by atoms with Crippen molar-refractivity contribution in [2.75, 3.05) is 0 Å². The zero-order valence-corrected chi connectivity index (χ0v) is 12.3. The van der Waals surface area contributed by atoms with E-state index in [9.17, 15) is 14.9 Å². The predicted octanol–water partition coefficient (Wildman–Crippen LogP) is 4.21. The average molecular weight is 354 g/mol. The molecule has 0 atom stereocenters. The summed E-state index contributed by atoms with van der Waals surface area (Å²) in [4.78, 5) is 22.7. The molecule has 0 heterocycles. The van der Waals surface area contributed by atoms with Crippen LogP contribution < -0.4 is 0 Å². The highest BCUT2D eigenvalue weighted by molar-refractivity contribution is 9.10. The molecule has 7 heteroatoms. The lowest BCUT2D eigenvalue weighted by Gasteiger charge is -2.03. The molecule has 0 saturated carbocycles. The Morgan fingerprint density at radius 2 is 1.75 bits per heavy atom. The van der Waals surface area contributed by atoms with Crippen molar-refractivity contribution in [3.8, 4) is 0 Å². The average Bonchev–Trinajstić information content (AvgIpc) is 2.41. The highest BCUT2D eigenvalue weighted by Gasteiger charge is 2.13. The van der Waals surface area contributed by atoms with E-state index in [4.69, 9.17) is 5.11 Å². The number of benzene rings is 2. The minimum Gasteiger partial charge on any atom is -0.478 e. The van der Waals surface area contributed by atoms with Crippen molar-refractivity contribution in [1.29, 1.82) is 0 Å². The molecule has 0 amide bonds. The molecule has 0 spiro atoms. The molecule has 0 aliphatic rings. The fourth-order valence-electron chi connectivity index (χ4n) is 1.50. The van der Waals surface area contributed by atoms with E-state index in [1.165, 1.54) is 30.0 Å². The summed E-state index contributed by atoms with van der Waals surface area (Å²) in [6.45, 7) is 0. The Morgan fingerprint density at radius 1 is 1.15 bits per heavy atom. The lowest BCUT2D eigenvalue weighted by atomic mass is 10.2. The number of carboxylic acid groups (broad SMARTS) is 1. The second kappa shape index (κ2) is 6.06. The fraction of sp³-hybridized carbons (Fsp3) is 0. The van der Waals surface area contributed by atoms with Gasteiger partial charge in [-0.05, 0) is 52.3 Å². The monoisotopic (exact) mass is 353 g/mol. The molecule has 5 nitrogen and oxygen atoms in total. The third-order valence-corrected chi connectivity index (χ3v) is 4.12. The van der Waals surface area contributed by atoms with Gasteiger partial charge in [0.15, 0.2) is 0 Å². The third kappa shape index (κ3) is 3.37. The number of nitro benzene ring substituents is 1. The number of nitrogens with zero attached hydrogens (tertiary/aromatic N) is 1. The van der Waals surface area contributed by atoms with Crippen molar-refractivity contribution in [2.45, 2.75) is 9.79 Å². The Hall–Kier alpha value is -1.86. The van der Waals surface area contributed by atoms with Gasteiger partial charge in [-0.3, -0.25) is 10.1 Å². The molecule has 0 bridgehead atoms. The first-order valence-corrected chi connectivity index (χ1v) is 7.03. The molecule has 0 aromatic heterocycles. The maximum absolute atomic E-state index is 10.8. The summed E-state index contributed by atoms with van der Waals surface area (Å²) >= 11 is 4.46. The normalized spacial score (nSPS) is 10.2.